The van der Waals surface area contributed by atoms with Crippen LogP contribution in [0.25, 0.3) is 0 Å². The van der Waals surface area contributed by atoms with Crippen LogP contribution in [-0.2, 0) is 9.59 Å². The highest BCUT2D eigenvalue weighted by Gasteiger charge is 2.31. The van der Waals surface area contributed by atoms with Crippen molar-refractivity contribution in [2.75, 3.05) is 19.1 Å². The summed E-state index contributed by atoms with van der Waals surface area (Å²) < 4.78 is 12.4. The summed E-state index contributed by atoms with van der Waals surface area (Å²) in [5, 5.41) is 2.52. The van der Waals surface area contributed by atoms with Gasteiger partial charge in [0, 0.05) is 34.9 Å². The summed E-state index contributed by atoms with van der Waals surface area (Å²) in [5.41, 5.74) is 1.45. The second-order valence-electron chi connectivity index (χ2n) is 5.04. The summed E-state index contributed by atoms with van der Waals surface area (Å²) in [4.78, 5) is 36.7. The highest BCUT2D eigenvalue weighted by molar-refractivity contribution is 7.99. The molecule has 0 aliphatic carbocycles. The van der Waals surface area contributed by atoms with E-state index in [1.165, 1.54) is 23.9 Å². The average molecular weight is 336 g/mol. The van der Waals surface area contributed by atoms with Crippen molar-refractivity contribution in [3.63, 3.8) is 0 Å². The van der Waals surface area contributed by atoms with Crippen LogP contribution in [-0.4, -0.2) is 48.1 Å². The van der Waals surface area contributed by atoms with Crippen molar-refractivity contribution in [1.82, 2.24) is 10.2 Å². The molecule has 1 aliphatic rings. The van der Waals surface area contributed by atoms with Crippen LogP contribution in [0, 0.1) is 6.92 Å². The van der Waals surface area contributed by atoms with Gasteiger partial charge in [0.2, 0.25) is 0 Å². The van der Waals surface area contributed by atoms with Crippen molar-refractivity contribution in [1.29, 1.82) is 0 Å². The van der Waals surface area contributed by atoms with Gasteiger partial charge in [-0.05, 0) is 18.6 Å². The third kappa shape index (κ3) is 4.05. The number of alkyl halides is 1. The van der Waals surface area contributed by atoms with Crippen LogP contribution >= 0.6 is 11.8 Å². The van der Waals surface area contributed by atoms with Crippen LogP contribution in [0.15, 0.2) is 35.2 Å². The normalized spacial score (nSPS) is 15.3. The highest BCUT2D eigenvalue weighted by atomic mass is 32.2. The standard InChI is InChI=1S/C16H17FN2O3S/c1-11-3-2-4-14(13(11)8-20)23-9-12(7-18-10-17)19-15(21)5-6-16(19)22/h2-6,8,12,18H,7,9-10H2,1H3. The number of halogens is 1. The summed E-state index contributed by atoms with van der Waals surface area (Å²) in [6.07, 6.45) is 3.21. The molecule has 1 unspecified atom stereocenters. The van der Waals surface area contributed by atoms with E-state index in [4.69, 9.17) is 0 Å². The van der Waals surface area contributed by atoms with Gasteiger partial charge >= 0.3 is 0 Å². The van der Waals surface area contributed by atoms with Crippen molar-refractivity contribution in [2.24, 2.45) is 0 Å². The van der Waals surface area contributed by atoms with Crippen LogP contribution in [0.5, 0.6) is 0 Å². The number of carbonyl (C=O) groups excluding carboxylic acids is 3. The molecule has 0 radical (unpaired) electrons. The number of aryl methyl sites for hydroxylation is 1. The Kier molecular flexibility index (Phi) is 6.06. The van der Waals surface area contributed by atoms with Crippen molar-refractivity contribution in [3.05, 3.63) is 41.5 Å². The van der Waals surface area contributed by atoms with E-state index in [0.717, 1.165) is 21.6 Å². The third-order valence-corrected chi connectivity index (χ3v) is 4.73. The van der Waals surface area contributed by atoms with Gasteiger partial charge in [-0.25, -0.2) is 4.39 Å². The van der Waals surface area contributed by atoms with Crippen molar-refractivity contribution in [3.8, 4) is 0 Å². The molecule has 0 bridgehead atoms. The molecule has 2 rings (SSSR count). The maximum absolute atomic E-state index is 12.4. The predicted molar refractivity (Wildman–Crippen MR) is 86.0 cm³/mol. The first-order valence-corrected chi connectivity index (χ1v) is 8.06. The second kappa shape index (κ2) is 8.03. The van der Waals surface area contributed by atoms with Gasteiger partial charge in [-0.15, -0.1) is 11.8 Å². The lowest BCUT2D eigenvalue weighted by Gasteiger charge is -2.26. The molecule has 1 aliphatic heterocycles. The fraction of sp³-hybridized carbons (Fsp3) is 0.312. The van der Waals surface area contributed by atoms with Crippen LogP contribution < -0.4 is 5.32 Å². The first-order valence-electron chi connectivity index (χ1n) is 7.08. The lowest BCUT2D eigenvalue weighted by atomic mass is 10.1. The Balaban J connectivity index is 2.13. The minimum Gasteiger partial charge on any atom is -0.298 e. The fourth-order valence-corrected chi connectivity index (χ4v) is 3.51. The summed E-state index contributed by atoms with van der Waals surface area (Å²) in [7, 11) is 0. The molecule has 1 N–H and O–H groups in total. The van der Waals surface area contributed by atoms with Crippen molar-refractivity contribution >= 4 is 29.9 Å². The van der Waals surface area contributed by atoms with E-state index < -0.39 is 24.7 Å². The molecule has 1 aromatic carbocycles. The Labute approximate surface area is 137 Å². The van der Waals surface area contributed by atoms with Gasteiger partial charge < -0.3 is 0 Å². The predicted octanol–water partition coefficient (Wildman–Crippen LogP) is 1.71. The molecular weight excluding hydrogens is 319 g/mol. The van der Waals surface area contributed by atoms with Crippen LogP contribution in [0.1, 0.15) is 15.9 Å². The summed E-state index contributed by atoms with van der Waals surface area (Å²) in [6, 6.07) is 5.00. The maximum atomic E-state index is 12.4. The van der Waals surface area contributed by atoms with Crippen molar-refractivity contribution < 1.29 is 18.8 Å². The number of benzene rings is 1. The largest absolute Gasteiger partial charge is 0.298 e. The Morgan fingerprint density at radius 1 is 1.30 bits per heavy atom. The van der Waals surface area contributed by atoms with E-state index in [1.807, 2.05) is 25.1 Å². The Bertz CT molecular complexity index is 630. The van der Waals surface area contributed by atoms with Gasteiger partial charge in [0.15, 0.2) is 6.29 Å². The molecule has 1 heterocycles. The number of hydrogen-bond acceptors (Lipinski definition) is 5. The molecular formula is C16H17FN2O3S. The highest BCUT2D eigenvalue weighted by Crippen LogP contribution is 2.26. The lowest BCUT2D eigenvalue weighted by molar-refractivity contribution is -0.138. The maximum Gasteiger partial charge on any atom is 0.253 e. The average Bonchev–Trinajstić information content (AvgIpc) is 2.87. The van der Waals surface area contributed by atoms with Crippen LogP contribution in [0.2, 0.25) is 0 Å². The lowest BCUT2D eigenvalue weighted by Crippen LogP contribution is -2.47. The van der Waals surface area contributed by atoms with E-state index in [2.05, 4.69) is 5.32 Å². The molecule has 0 aromatic heterocycles. The molecule has 0 fully saturated rings. The first kappa shape index (κ1) is 17.4. The molecule has 2 amide bonds. The molecule has 0 saturated heterocycles. The van der Waals surface area contributed by atoms with Gasteiger partial charge in [-0.3, -0.25) is 24.6 Å². The number of rotatable bonds is 8. The molecule has 0 saturated carbocycles. The van der Waals surface area contributed by atoms with E-state index in [1.54, 1.807) is 0 Å². The van der Waals surface area contributed by atoms with E-state index in [0.29, 0.717) is 11.3 Å². The fourth-order valence-electron chi connectivity index (χ4n) is 2.33. The van der Waals surface area contributed by atoms with E-state index in [-0.39, 0.29) is 6.54 Å². The van der Waals surface area contributed by atoms with E-state index in [9.17, 15) is 18.8 Å². The van der Waals surface area contributed by atoms with Crippen molar-refractivity contribution in [2.45, 2.75) is 17.9 Å². The number of thioether (sulfide) groups is 1. The smallest absolute Gasteiger partial charge is 0.253 e. The zero-order valence-corrected chi connectivity index (χ0v) is 13.4. The minimum atomic E-state index is -0.741. The van der Waals surface area contributed by atoms with Gasteiger partial charge in [0.05, 0.1) is 6.04 Å². The number of amides is 2. The first-order chi connectivity index (χ1) is 11.1. The van der Waals surface area contributed by atoms with Gasteiger partial charge in [-0.2, -0.15) is 0 Å². The Morgan fingerprint density at radius 2 is 2.00 bits per heavy atom. The number of imide groups is 1. The third-order valence-electron chi connectivity index (χ3n) is 3.52. The van der Waals surface area contributed by atoms with Gasteiger partial charge in [-0.1, -0.05) is 12.1 Å². The minimum absolute atomic E-state index is 0.158. The quantitative estimate of drug-likeness (QED) is 0.339. The number of carbonyl (C=O) groups is 3. The SMILES string of the molecule is Cc1cccc(SCC(CNCF)N2C(=O)C=CC2=O)c1C=O. The molecule has 7 heteroatoms. The summed E-state index contributed by atoms with van der Waals surface area (Å²) in [5.74, 6) is -0.432. The monoisotopic (exact) mass is 336 g/mol. The Hall–Kier alpha value is -1.99. The van der Waals surface area contributed by atoms with Gasteiger partial charge in [0.1, 0.15) is 6.80 Å². The van der Waals surface area contributed by atoms with Crippen LogP contribution in [0.3, 0.4) is 0 Å². The Morgan fingerprint density at radius 3 is 2.61 bits per heavy atom. The summed E-state index contributed by atoms with van der Waals surface area (Å²) in [6.45, 7) is 1.26. The molecule has 1 aromatic rings. The van der Waals surface area contributed by atoms with Crippen LogP contribution in [0.4, 0.5) is 4.39 Å². The topological polar surface area (TPSA) is 66.5 Å². The second-order valence-corrected chi connectivity index (χ2v) is 6.10. The number of nitrogens with one attached hydrogen (secondary N) is 1. The zero-order chi connectivity index (χ0) is 16.8. The molecule has 5 nitrogen and oxygen atoms in total. The van der Waals surface area contributed by atoms with Gasteiger partial charge in [0.25, 0.3) is 11.8 Å². The zero-order valence-electron chi connectivity index (χ0n) is 12.6. The number of aldehydes is 1. The molecule has 122 valence electrons. The number of nitrogens with zero attached hydrogens (tertiary/aromatic N) is 1. The summed E-state index contributed by atoms with van der Waals surface area (Å²) >= 11 is 1.37. The molecule has 0 spiro atoms. The molecule has 23 heavy (non-hydrogen) atoms. The number of hydrogen-bond donors (Lipinski definition) is 1. The molecule has 1 atom stereocenters. The van der Waals surface area contributed by atoms with E-state index >= 15 is 0 Å².